The number of piperazine rings is 1. The molecule has 33 heavy (non-hydrogen) atoms. The first-order chi connectivity index (χ1) is 16.2. The molecule has 6 rings (SSSR count). The van der Waals surface area contributed by atoms with Crippen LogP contribution in [0.4, 0.5) is 0 Å². The number of fused-ring (bicyclic) bond motifs is 4. The highest BCUT2D eigenvalue weighted by Gasteiger charge is 2.28. The number of para-hydroxylation sites is 2. The van der Waals surface area contributed by atoms with E-state index in [0.29, 0.717) is 45.0 Å². The Bertz CT molecular complexity index is 1310. The largest absolute Gasteiger partial charge is 0.358 e. The Balaban J connectivity index is 1.06. The fraction of sp³-hybridized carbons (Fsp3) is 0.308. The van der Waals surface area contributed by atoms with Gasteiger partial charge >= 0.3 is 0 Å². The van der Waals surface area contributed by atoms with Crippen LogP contribution in [0, 0.1) is 0 Å². The average Bonchev–Trinajstić information content (AvgIpc) is 3.45. The Kier molecular flexibility index (Phi) is 4.91. The molecule has 168 valence electrons. The molecule has 7 heteroatoms. The molecule has 0 bridgehead atoms. The SMILES string of the molecule is O=C(CN1CCN(C(=O)c2cc3ccccc3[nH]2)CC1)N1CCc2[nH]c3ccccc3c2C1. The molecule has 0 radical (unpaired) electrons. The fourth-order valence-corrected chi connectivity index (χ4v) is 5.14. The molecule has 0 atom stereocenters. The number of aromatic nitrogens is 2. The Morgan fingerprint density at radius 1 is 0.818 bits per heavy atom. The third kappa shape index (κ3) is 3.68. The van der Waals surface area contributed by atoms with Crippen LogP contribution in [0.25, 0.3) is 21.8 Å². The lowest BCUT2D eigenvalue weighted by Gasteiger charge is -2.36. The van der Waals surface area contributed by atoms with Crippen LogP contribution in [0.1, 0.15) is 21.7 Å². The van der Waals surface area contributed by atoms with Crippen molar-refractivity contribution in [2.24, 2.45) is 0 Å². The summed E-state index contributed by atoms with van der Waals surface area (Å²) in [7, 11) is 0. The third-order valence-corrected chi connectivity index (χ3v) is 7.01. The lowest BCUT2D eigenvalue weighted by molar-refractivity contribution is -0.133. The number of carbonyl (C=O) groups excluding carboxylic acids is 2. The van der Waals surface area contributed by atoms with Crippen LogP contribution >= 0.6 is 0 Å². The van der Waals surface area contributed by atoms with Crippen molar-refractivity contribution >= 4 is 33.6 Å². The van der Waals surface area contributed by atoms with Gasteiger partial charge in [-0.25, -0.2) is 0 Å². The highest BCUT2D eigenvalue weighted by molar-refractivity contribution is 5.98. The minimum atomic E-state index is 0.0278. The van der Waals surface area contributed by atoms with Gasteiger partial charge in [0.05, 0.1) is 6.54 Å². The molecule has 2 amide bonds. The molecule has 7 nitrogen and oxygen atoms in total. The van der Waals surface area contributed by atoms with Gasteiger partial charge in [-0.2, -0.15) is 0 Å². The van der Waals surface area contributed by atoms with E-state index >= 15 is 0 Å². The second kappa shape index (κ2) is 8.08. The first kappa shape index (κ1) is 20.1. The molecule has 1 saturated heterocycles. The molecule has 2 aromatic heterocycles. The predicted octanol–water partition coefficient (Wildman–Crippen LogP) is 2.99. The standard InChI is InChI=1S/C26H27N5O2/c32-25(31-10-9-23-20(16-31)19-6-2-4-8-22(19)28-23)17-29-11-13-30(14-12-29)26(33)24-15-18-5-1-3-7-21(18)27-24/h1-8,15,27-28H,9-14,16-17H2. The maximum Gasteiger partial charge on any atom is 0.270 e. The van der Waals surface area contributed by atoms with Crippen molar-refractivity contribution in [2.45, 2.75) is 13.0 Å². The molecule has 4 aromatic rings. The van der Waals surface area contributed by atoms with Gasteiger partial charge in [0.2, 0.25) is 5.91 Å². The van der Waals surface area contributed by atoms with Crippen LogP contribution in [0.2, 0.25) is 0 Å². The summed E-state index contributed by atoms with van der Waals surface area (Å²) in [6.45, 7) is 4.51. The fourth-order valence-electron chi connectivity index (χ4n) is 5.14. The zero-order valence-electron chi connectivity index (χ0n) is 18.5. The van der Waals surface area contributed by atoms with Crippen LogP contribution in [-0.2, 0) is 17.8 Å². The number of benzene rings is 2. The van der Waals surface area contributed by atoms with Crippen molar-refractivity contribution < 1.29 is 9.59 Å². The summed E-state index contributed by atoms with van der Waals surface area (Å²) in [6, 6.07) is 18.2. The number of nitrogens with zero attached hydrogens (tertiary/aromatic N) is 3. The van der Waals surface area contributed by atoms with E-state index in [1.807, 2.05) is 52.3 Å². The molecule has 0 saturated carbocycles. The van der Waals surface area contributed by atoms with E-state index < -0.39 is 0 Å². The van der Waals surface area contributed by atoms with Gasteiger partial charge in [-0.05, 0) is 18.2 Å². The number of amides is 2. The minimum absolute atomic E-state index is 0.0278. The number of H-pyrrole nitrogens is 2. The molecule has 2 aliphatic heterocycles. The summed E-state index contributed by atoms with van der Waals surface area (Å²) in [6.07, 6.45) is 0.864. The van der Waals surface area contributed by atoms with Gasteiger partial charge in [0.15, 0.2) is 0 Å². The van der Waals surface area contributed by atoms with E-state index in [4.69, 9.17) is 0 Å². The van der Waals surface area contributed by atoms with E-state index in [1.54, 1.807) is 0 Å². The summed E-state index contributed by atoms with van der Waals surface area (Å²) in [4.78, 5) is 38.8. The van der Waals surface area contributed by atoms with E-state index in [0.717, 1.165) is 29.4 Å². The van der Waals surface area contributed by atoms with Crippen LogP contribution in [0.15, 0.2) is 54.6 Å². The van der Waals surface area contributed by atoms with Crippen molar-refractivity contribution in [3.63, 3.8) is 0 Å². The van der Waals surface area contributed by atoms with E-state index in [9.17, 15) is 9.59 Å². The molecule has 0 spiro atoms. The summed E-state index contributed by atoms with van der Waals surface area (Å²) in [5.41, 5.74) is 5.25. The number of rotatable bonds is 3. The Morgan fingerprint density at radius 2 is 1.58 bits per heavy atom. The number of carbonyl (C=O) groups is 2. The van der Waals surface area contributed by atoms with Crippen molar-refractivity contribution in [2.75, 3.05) is 39.3 Å². The molecule has 0 aliphatic carbocycles. The lowest BCUT2D eigenvalue weighted by atomic mass is 10.0. The molecule has 0 unspecified atom stereocenters. The maximum absolute atomic E-state index is 13.1. The summed E-state index contributed by atoms with van der Waals surface area (Å²) in [5, 5.41) is 2.26. The molecule has 4 heterocycles. The van der Waals surface area contributed by atoms with Gasteiger partial charge in [0.25, 0.3) is 5.91 Å². The lowest BCUT2D eigenvalue weighted by Crippen LogP contribution is -2.52. The van der Waals surface area contributed by atoms with Gasteiger partial charge in [-0.15, -0.1) is 0 Å². The molecule has 2 N–H and O–H groups in total. The molecule has 2 aromatic carbocycles. The molecular formula is C26H27N5O2. The van der Waals surface area contributed by atoms with Gasteiger partial charge in [-0.3, -0.25) is 14.5 Å². The van der Waals surface area contributed by atoms with E-state index in [2.05, 4.69) is 27.0 Å². The monoisotopic (exact) mass is 441 g/mol. The van der Waals surface area contributed by atoms with Gasteiger partial charge in [0.1, 0.15) is 5.69 Å². The third-order valence-electron chi connectivity index (χ3n) is 7.01. The topological polar surface area (TPSA) is 75.4 Å². The normalized spacial score (nSPS) is 17.0. The first-order valence-electron chi connectivity index (χ1n) is 11.6. The van der Waals surface area contributed by atoms with Gasteiger partial charge in [-0.1, -0.05) is 36.4 Å². The first-order valence-corrected chi connectivity index (χ1v) is 11.6. The minimum Gasteiger partial charge on any atom is -0.358 e. The predicted molar refractivity (Wildman–Crippen MR) is 128 cm³/mol. The Hall–Kier alpha value is -3.58. The number of hydrogen-bond acceptors (Lipinski definition) is 3. The second-order valence-corrected chi connectivity index (χ2v) is 9.03. The second-order valence-electron chi connectivity index (χ2n) is 9.03. The summed E-state index contributed by atoms with van der Waals surface area (Å²) >= 11 is 0. The molecular weight excluding hydrogens is 414 g/mol. The van der Waals surface area contributed by atoms with Crippen molar-refractivity contribution in [3.8, 4) is 0 Å². The highest BCUT2D eigenvalue weighted by atomic mass is 16.2. The van der Waals surface area contributed by atoms with Gasteiger partial charge in [0, 0.05) is 78.8 Å². The van der Waals surface area contributed by atoms with Crippen molar-refractivity contribution in [1.82, 2.24) is 24.7 Å². The van der Waals surface area contributed by atoms with Crippen LogP contribution in [-0.4, -0.2) is 75.8 Å². The maximum atomic E-state index is 13.1. The van der Waals surface area contributed by atoms with Crippen molar-refractivity contribution in [1.29, 1.82) is 0 Å². The Morgan fingerprint density at radius 3 is 2.39 bits per heavy atom. The number of hydrogen-bond donors (Lipinski definition) is 2. The quantitative estimate of drug-likeness (QED) is 0.513. The van der Waals surface area contributed by atoms with Crippen LogP contribution in [0.5, 0.6) is 0 Å². The van der Waals surface area contributed by atoms with Crippen LogP contribution in [0.3, 0.4) is 0 Å². The zero-order valence-corrected chi connectivity index (χ0v) is 18.5. The number of nitrogens with one attached hydrogen (secondary N) is 2. The number of aromatic amines is 2. The summed E-state index contributed by atoms with van der Waals surface area (Å²) in [5.74, 6) is 0.196. The molecule has 2 aliphatic rings. The van der Waals surface area contributed by atoms with E-state index in [-0.39, 0.29) is 11.8 Å². The van der Waals surface area contributed by atoms with Crippen molar-refractivity contribution in [3.05, 3.63) is 71.5 Å². The smallest absolute Gasteiger partial charge is 0.270 e. The van der Waals surface area contributed by atoms with Crippen LogP contribution < -0.4 is 0 Å². The Labute approximate surface area is 192 Å². The molecule has 1 fully saturated rings. The average molecular weight is 442 g/mol. The van der Waals surface area contributed by atoms with E-state index in [1.165, 1.54) is 16.6 Å². The zero-order chi connectivity index (χ0) is 22.4. The summed E-state index contributed by atoms with van der Waals surface area (Å²) < 4.78 is 0. The highest BCUT2D eigenvalue weighted by Crippen LogP contribution is 2.27. The van der Waals surface area contributed by atoms with Gasteiger partial charge < -0.3 is 19.8 Å².